The summed E-state index contributed by atoms with van der Waals surface area (Å²) in [5, 5.41) is 3.38. The second-order valence-electron chi connectivity index (χ2n) is 7.24. The lowest BCUT2D eigenvalue weighted by molar-refractivity contribution is -0.108. The lowest BCUT2D eigenvalue weighted by atomic mass is 10.0. The molecule has 0 atom stereocenters. The molecule has 0 spiro atoms. The van der Waals surface area contributed by atoms with E-state index >= 15 is 0 Å². The molecule has 2 rings (SSSR count). The van der Waals surface area contributed by atoms with Crippen LogP contribution in [-0.2, 0) is 11.3 Å². The first-order valence-electron chi connectivity index (χ1n) is 9.21. The maximum Gasteiger partial charge on any atom is 0.142 e. The molecule has 2 aromatic carbocycles. The molecule has 5 heteroatoms. The highest BCUT2D eigenvalue weighted by Crippen LogP contribution is 2.28. The number of aldehydes is 1. The van der Waals surface area contributed by atoms with Crippen molar-refractivity contribution in [2.24, 2.45) is 0 Å². The number of nitrogens with one attached hydrogen (secondary N) is 1. The summed E-state index contributed by atoms with van der Waals surface area (Å²) < 4.78 is 18.7. The summed E-state index contributed by atoms with van der Waals surface area (Å²) in [5.74, 6) is 6.95. The van der Waals surface area contributed by atoms with Crippen LogP contribution in [0.5, 0.6) is 5.75 Å². The van der Waals surface area contributed by atoms with Gasteiger partial charge in [-0.2, -0.15) is 0 Å². The van der Waals surface area contributed by atoms with Gasteiger partial charge in [0.1, 0.15) is 17.9 Å². The molecule has 0 heterocycles. The quantitative estimate of drug-likeness (QED) is 0.429. The van der Waals surface area contributed by atoms with Crippen molar-refractivity contribution in [3.63, 3.8) is 0 Å². The van der Waals surface area contributed by atoms with Crippen LogP contribution in [0.1, 0.15) is 31.4 Å². The molecule has 2 aromatic rings. The Morgan fingerprint density at radius 2 is 1.89 bits per heavy atom. The van der Waals surface area contributed by atoms with Crippen molar-refractivity contribution in [1.29, 1.82) is 0 Å². The Morgan fingerprint density at radius 3 is 2.54 bits per heavy atom. The Morgan fingerprint density at radius 1 is 1.18 bits per heavy atom. The first-order valence-corrected chi connectivity index (χ1v) is 9.21. The van der Waals surface area contributed by atoms with Crippen molar-refractivity contribution >= 4 is 12.0 Å². The monoisotopic (exact) mass is 382 g/mol. The molecule has 0 saturated heterocycles. The molecule has 148 valence electrons. The fraction of sp³-hybridized carbons (Fsp3) is 0.348. The number of hydrogen-bond acceptors (Lipinski definition) is 4. The fourth-order valence-corrected chi connectivity index (χ4v) is 2.48. The van der Waals surface area contributed by atoms with Crippen LogP contribution in [0.2, 0.25) is 0 Å². The number of ether oxygens (including phenoxy) is 1. The summed E-state index contributed by atoms with van der Waals surface area (Å²) in [6, 6.07) is 12.2. The Kier molecular flexibility index (Phi) is 7.60. The average molecular weight is 382 g/mol. The lowest BCUT2D eigenvalue weighted by Crippen LogP contribution is -2.37. The van der Waals surface area contributed by atoms with Gasteiger partial charge >= 0.3 is 0 Å². The SMILES string of the molecule is CN(C)c1cc(C#CC(C)(C)NCc2ccc(F)cc2)ccc1OCCC=O. The van der Waals surface area contributed by atoms with Crippen LogP contribution < -0.4 is 15.0 Å². The zero-order valence-corrected chi connectivity index (χ0v) is 16.9. The summed E-state index contributed by atoms with van der Waals surface area (Å²) in [6.45, 7) is 4.98. The standard InChI is InChI=1S/C23H27FN2O2/c1-23(2,25-17-19-6-9-20(24)10-7-19)13-12-18-8-11-22(28-15-5-14-27)21(16-18)26(3)4/h6-11,14,16,25H,5,15,17H2,1-4H3. The molecule has 0 fully saturated rings. The number of carbonyl (C=O) groups excluding carboxylic acids is 1. The summed E-state index contributed by atoms with van der Waals surface area (Å²) in [5.41, 5.74) is 2.38. The number of nitrogens with zero attached hydrogens (tertiary/aromatic N) is 1. The van der Waals surface area contributed by atoms with Crippen molar-refractivity contribution in [3.05, 3.63) is 59.4 Å². The topological polar surface area (TPSA) is 41.6 Å². The van der Waals surface area contributed by atoms with E-state index in [4.69, 9.17) is 4.74 Å². The second-order valence-corrected chi connectivity index (χ2v) is 7.24. The third-order valence-electron chi connectivity index (χ3n) is 4.10. The van der Waals surface area contributed by atoms with Gasteiger partial charge in [-0.05, 0) is 49.7 Å². The number of halogens is 1. The zero-order chi connectivity index (χ0) is 20.6. The van der Waals surface area contributed by atoms with Crippen LogP contribution >= 0.6 is 0 Å². The molecule has 0 aliphatic heterocycles. The second kappa shape index (κ2) is 9.91. The normalized spacial score (nSPS) is 10.8. The average Bonchev–Trinajstić information content (AvgIpc) is 2.67. The Labute approximate surface area is 166 Å². The summed E-state index contributed by atoms with van der Waals surface area (Å²) in [6.07, 6.45) is 1.21. The van der Waals surface area contributed by atoms with Gasteiger partial charge in [-0.25, -0.2) is 4.39 Å². The van der Waals surface area contributed by atoms with Gasteiger partial charge in [0, 0.05) is 32.6 Å². The van der Waals surface area contributed by atoms with Gasteiger partial charge in [-0.1, -0.05) is 24.0 Å². The van der Waals surface area contributed by atoms with E-state index in [9.17, 15) is 9.18 Å². The van der Waals surface area contributed by atoms with Crippen LogP contribution in [0.4, 0.5) is 10.1 Å². The highest BCUT2D eigenvalue weighted by atomic mass is 19.1. The van der Waals surface area contributed by atoms with Crippen molar-refractivity contribution in [2.45, 2.75) is 32.4 Å². The van der Waals surface area contributed by atoms with E-state index in [-0.39, 0.29) is 5.82 Å². The number of anilines is 1. The van der Waals surface area contributed by atoms with E-state index in [0.29, 0.717) is 19.6 Å². The number of hydrogen-bond donors (Lipinski definition) is 1. The van der Waals surface area contributed by atoms with Crippen LogP contribution in [0, 0.1) is 17.7 Å². The third kappa shape index (κ3) is 6.71. The van der Waals surface area contributed by atoms with Gasteiger partial charge in [0.25, 0.3) is 0 Å². The molecule has 0 unspecified atom stereocenters. The molecule has 0 aliphatic rings. The first-order chi connectivity index (χ1) is 13.3. The van der Waals surface area contributed by atoms with Crippen molar-refractivity contribution < 1.29 is 13.9 Å². The molecule has 4 nitrogen and oxygen atoms in total. The Bertz CT molecular complexity index is 849. The van der Waals surface area contributed by atoms with Crippen molar-refractivity contribution in [3.8, 4) is 17.6 Å². The maximum atomic E-state index is 13.0. The van der Waals surface area contributed by atoms with Crippen molar-refractivity contribution in [2.75, 3.05) is 25.6 Å². The van der Waals surface area contributed by atoms with E-state index < -0.39 is 5.54 Å². The summed E-state index contributed by atoms with van der Waals surface area (Å²) in [7, 11) is 3.88. The maximum absolute atomic E-state index is 13.0. The molecule has 0 aliphatic carbocycles. The predicted octanol–water partition coefficient (Wildman–Crippen LogP) is 3.78. The predicted molar refractivity (Wildman–Crippen MR) is 111 cm³/mol. The van der Waals surface area contributed by atoms with E-state index in [1.54, 1.807) is 12.1 Å². The third-order valence-corrected chi connectivity index (χ3v) is 4.10. The summed E-state index contributed by atoms with van der Waals surface area (Å²) in [4.78, 5) is 12.4. The number of carbonyl (C=O) groups is 1. The Balaban J connectivity index is 2.08. The van der Waals surface area contributed by atoms with Gasteiger partial charge in [-0.15, -0.1) is 0 Å². The minimum atomic E-state index is -0.411. The van der Waals surface area contributed by atoms with Gasteiger partial charge in [0.05, 0.1) is 17.8 Å². The highest BCUT2D eigenvalue weighted by Gasteiger charge is 2.13. The van der Waals surface area contributed by atoms with E-state index in [1.165, 1.54) is 12.1 Å². The number of benzene rings is 2. The molecular weight excluding hydrogens is 355 g/mol. The molecule has 28 heavy (non-hydrogen) atoms. The van der Waals surface area contributed by atoms with E-state index in [0.717, 1.165) is 28.8 Å². The zero-order valence-electron chi connectivity index (χ0n) is 16.9. The molecule has 0 aromatic heterocycles. The van der Waals surface area contributed by atoms with Gasteiger partial charge in [0.2, 0.25) is 0 Å². The minimum Gasteiger partial charge on any atom is -0.491 e. The van der Waals surface area contributed by atoms with Crippen LogP contribution in [0.15, 0.2) is 42.5 Å². The van der Waals surface area contributed by atoms with Gasteiger partial charge in [-0.3, -0.25) is 5.32 Å². The first kappa shape index (κ1) is 21.5. The van der Waals surface area contributed by atoms with Crippen LogP contribution in [0.25, 0.3) is 0 Å². The molecule has 0 radical (unpaired) electrons. The molecule has 1 N–H and O–H groups in total. The molecule has 0 amide bonds. The van der Waals surface area contributed by atoms with Crippen LogP contribution in [-0.4, -0.2) is 32.5 Å². The highest BCUT2D eigenvalue weighted by molar-refractivity contribution is 5.62. The van der Waals surface area contributed by atoms with Crippen molar-refractivity contribution in [1.82, 2.24) is 5.32 Å². The van der Waals surface area contributed by atoms with Crippen LogP contribution in [0.3, 0.4) is 0 Å². The molecule has 0 bridgehead atoms. The van der Waals surface area contributed by atoms with E-state index in [1.807, 2.05) is 51.0 Å². The van der Waals surface area contributed by atoms with Gasteiger partial charge in [0.15, 0.2) is 0 Å². The fourth-order valence-electron chi connectivity index (χ4n) is 2.48. The van der Waals surface area contributed by atoms with E-state index in [2.05, 4.69) is 17.2 Å². The molecule has 0 saturated carbocycles. The van der Waals surface area contributed by atoms with Gasteiger partial charge < -0.3 is 14.4 Å². The molecular formula is C23H27FN2O2. The lowest BCUT2D eigenvalue weighted by Gasteiger charge is -2.20. The number of rotatable bonds is 8. The smallest absolute Gasteiger partial charge is 0.142 e. The Hall–Kier alpha value is -2.84. The summed E-state index contributed by atoms with van der Waals surface area (Å²) >= 11 is 0. The minimum absolute atomic E-state index is 0.238. The largest absolute Gasteiger partial charge is 0.491 e.